The lowest BCUT2D eigenvalue weighted by Gasteiger charge is -2.38. The van der Waals surface area contributed by atoms with Gasteiger partial charge in [0.1, 0.15) is 6.04 Å². The molecule has 3 rings (SSSR count). The van der Waals surface area contributed by atoms with Gasteiger partial charge >= 0.3 is 12.0 Å². The molecule has 3 fully saturated rings. The number of urea groups is 1. The molecule has 3 atom stereocenters. The summed E-state index contributed by atoms with van der Waals surface area (Å²) in [6.45, 7) is 0.782. The minimum atomic E-state index is -0.893. The third kappa shape index (κ3) is 2.55. The summed E-state index contributed by atoms with van der Waals surface area (Å²) >= 11 is 0. The first-order chi connectivity index (χ1) is 9.16. The first kappa shape index (κ1) is 12.8. The van der Waals surface area contributed by atoms with Crippen LogP contribution in [0.4, 0.5) is 4.79 Å². The van der Waals surface area contributed by atoms with Gasteiger partial charge in [0.05, 0.1) is 0 Å². The van der Waals surface area contributed by atoms with Crippen molar-refractivity contribution in [2.45, 2.75) is 57.0 Å². The quantitative estimate of drug-likeness (QED) is 0.818. The molecule has 2 aliphatic carbocycles. The van der Waals surface area contributed by atoms with Crippen LogP contribution in [0, 0.1) is 11.8 Å². The lowest BCUT2D eigenvalue weighted by atomic mass is 9.92. The fourth-order valence-corrected chi connectivity index (χ4v) is 3.73. The van der Waals surface area contributed by atoms with E-state index in [1.807, 2.05) is 4.90 Å². The highest BCUT2D eigenvalue weighted by molar-refractivity contribution is 5.83. The van der Waals surface area contributed by atoms with Gasteiger partial charge in [-0.15, -0.1) is 0 Å². The topological polar surface area (TPSA) is 69.6 Å². The van der Waals surface area contributed by atoms with Crippen molar-refractivity contribution in [2.24, 2.45) is 11.8 Å². The molecule has 3 aliphatic rings. The van der Waals surface area contributed by atoms with Gasteiger partial charge < -0.3 is 15.3 Å². The number of nitrogens with one attached hydrogen (secondary N) is 1. The number of aliphatic carboxylic acids is 1. The number of carbonyl (C=O) groups excluding carboxylic acids is 1. The van der Waals surface area contributed by atoms with Crippen molar-refractivity contribution in [3.8, 4) is 0 Å². The SMILES string of the molecule is O=C(O)C(NC(=O)N1CCCC2CCCC21)C1CC1. The predicted octanol–water partition coefficient (Wildman–Crippen LogP) is 1.82. The van der Waals surface area contributed by atoms with Crippen molar-refractivity contribution in [2.75, 3.05) is 6.54 Å². The van der Waals surface area contributed by atoms with E-state index < -0.39 is 12.0 Å². The van der Waals surface area contributed by atoms with Crippen LogP contribution < -0.4 is 5.32 Å². The Morgan fingerprint density at radius 2 is 1.84 bits per heavy atom. The molecule has 1 saturated heterocycles. The van der Waals surface area contributed by atoms with Gasteiger partial charge in [0, 0.05) is 12.6 Å². The molecule has 2 N–H and O–H groups in total. The van der Waals surface area contributed by atoms with Crippen molar-refractivity contribution < 1.29 is 14.7 Å². The van der Waals surface area contributed by atoms with E-state index in [-0.39, 0.29) is 11.9 Å². The van der Waals surface area contributed by atoms with E-state index in [4.69, 9.17) is 0 Å². The average Bonchev–Trinajstić information content (AvgIpc) is 3.11. The molecular weight excluding hydrogens is 244 g/mol. The number of nitrogens with zero attached hydrogens (tertiary/aromatic N) is 1. The Morgan fingerprint density at radius 3 is 2.53 bits per heavy atom. The van der Waals surface area contributed by atoms with E-state index in [2.05, 4.69) is 5.32 Å². The van der Waals surface area contributed by atoms with Gasteiger partial charge in [-0.2, -0.15) is 0 Å². The van der Waals surface area contributed by atoms with Crippen LogP contribution in [0.15, 0.2) is 0 Å². The molecule has 0 spiro atoms. The van der Waals surface area contributed by atoms with E-state index in [1.54, 1.807) is 0 Å². The van der Waals surface area contributed by atoms with Crippen LogP contribution in [0.2, 0.25) is 0 Å². The van der Waals surface area contributed by atoms with Crippen molar-refractivity contribution in [3.63, 3.8) is 0 Å². The number of likely N-dealkylation sites (tertiary alicyclic amines) is 1. The number of carboxylic acid groups (broad SMARTS) is 1. The fraction of sp³-hybridized carbons (Fsp3) is 0.857. The molecule has 2 amide bonds. The lowest BCUT2D eigenvalue weighted by molar-refractivity contribution is -0.139. The van der Waals surface area contributed by atoms with Crippen LogP contribution in [0.3, 0.4) is 0 Å². The third-order valence-corrected chi connectivity index (χ3v) is 4.89. The fourth-order valence-electron chi connectivity index (χ4n) is 3.73. The van der Waals surface area contributed by atoms with Crippen molar-refractivity contribution in [1.29, 1.82) is 0 Å². The molecule has 5 nitrogen and oxygen atoms in total. The Bertz CT molecular complexity index is 381. The minimum absolute atomic E-state index is 0.144. The van der Waals surface area contributed by atoms with Gasteiger partial charge in [-0.1, -0.05) is 6.42 Å². The number of piperidine rings is 1. The average molecular weight is 266 g/mol. The van der Waals surface area contributed by atoms with Gasteiger partial charge in [0.2, 0.25) is 0 Å². The third-order valence-electron chi connectivity index (χ3n) is 4.89. The Hall–Kier alpha value is -1.26. The van der Waals surface area contributed by atoms with Gasteiger partial charge in [-0.05, 0) is 50.4 Å². The number of fused-ring (bicyclic) bond motifs is 1. The number of hydrogen-bond donors (Lipinski definition) is 2. The van der Waals surface area contributed by atoms with E-state index in [1.165, 1.54) is 19.3 Å². The van der Waals surface area contributed by atoms with Crippen LogP contribution in [-0.2, 0) is 4.79 Å². The van der Waals surface area contributed by atoms with Crippen molar-refractivity contribution in [1.82, 2.24) is 10.2 Å². The Balaban J connectivity index is 1.64. The molecule has 0 bridgehead atoms. The predicted molar refractivity (Wildman–Crippen MR) is 69.7 cm³/mol. The summed E-state index contributed by atoms with van der Waals surface area (Å²) < 4.78 is 0. The summed E-state index contributed by atoms with van der Waals surface area (Å²) in [5, 5.41) is 11.9. The molecule has 0 aromatic carbocycles. The highest BCUT2D eigenvalue weighted by atomic mass is 16.4. The largest absolute Gasteiger partial charge is 0.480 e. The maximum Gasteiger partial charge on any atom is 0.326 e. The summed E-state index contributed by atoms with van der Waals surface area (Å²) in [6, 6.07) is -0.493. The Kier molecular flexibility index (Phi) is 3.37. The molecule has 1 heterocycles. The highest BCUT2D eigenvalue weighted by Crippen LogP contribution is 2.37. The van der Waals surface area contributed by atoms with Gasteiger partial charge in [-0.25, -0.2) is 9.59 Å². The Labute approximate surface area is 113 Å². The summed E-state index contributed by atoms with van der Waals surface area (Å²) in [4.78, 5) is 25.4. The highest BCUT2D eigenvalue weighted by Gasteiger charge is 2.41. The van der Waals surface area contributed by atoms with Crippen molar-refractivity contribution >= 4 is 12.0 Å². The molecular formula is C14H22N2O3. The molecule has 106 valence electrons. The second-order valence-corrected chi connectivity index (χ2v) is 6.20. The second kappa shape index (κ2) is 5.02. The maximum absolute atomic E-state index is 12.3. The summed E-state index contributed by atoms with van der Waals surface area (Å²) in [5.74, 6) is -0.106. The maximum atomic E-state index is 12.3. The molecule has 1 aliphatic heterocycles. The van der Waals surface area contributed by atoms with Crippen LogP contribution >= 0.6 is 0 Å². The smallest absolute Gasteiger partial charge is 0.326 e. The van der Waals surface area contributed by atoms with E-state index >= 15 is 0 Å². The first-order valence-electron chi connectivity index (χ1n) is 7.47. The molecule has 0 radical (unpaired) electrons. The summed E-state index contributed by atoms with van der Waals surface area (Å²) in [7, 11) is 0. The zero-order valence-corrected chi connectivity index (χ0v) is 11.2. The van der Waals surface area contributed by atoms with Gasteiger partial charge in [0.15, 0.2) is 0 Å². The lowest BCUT2D eigenvalue weighted by Crippen LogP contribution is -2.54. The zero-order chi connectivity index (χ0) is 13.4. The van der Waals surface area contributed by atoms with Crippen LogP contribution in [0.25, 0.3) is 0 Å². The second-order valence-electron chi connectivity index (χ2n) is 6.20. The van der Waals surface area contributed by atoms with Gasteiger partial charge in [-0.3, -0.25) is 0 Å². The molecule has 5 heteroatoms. The van der Waals surface area contributed by atoms with Crippen LogP contribution in [0.5, 0.6) is 0 Å². The standard InChI is InChI=1S/C14H22N2O3/c17-13(18)12(10-6-7-10)15-14(19)16-8-2-4-9-3-1-5-11(9)16/h9-12H,1-8H2,(H,15,19)(H,17,18). The molecule has 19 heavy (non-hydrogen) atoms. The van der Waals surface area contributed by atoms with E-state index in [9.17, 15) is 14.7 Å². The number of carboxylic acids is 1. The van der Waals surface area contributed by atoms with Crippen LogP contribution in [0.1, 0.15) is 44.9 Å². The Morgan fingerprint density at radius 1 is 1.11 bits per heavy atom. The number of amides is 2. The van der Waals surface area contributed by atoms with Crippen LogP contribution in [-0.4, -0.2) is 40.6 Å². The number of carbonyl (C=O) groups is 2. The number of rotatable bonds is 3. The summed E-state index contributed by atoms with van der Waals surface area (Å²) in [6.07, 6.45) is 7.62. The van der Waals surface area contributed by atoms with Crippen molar-refractivity contribution in [3.05, 3.63) is 0 Å². The van der Waals surface area contributed by atoms with E-state index in [0.717, 1.165) is 32.2 Å². The summed E-state index contributed by atoms with van der Waals surface area (Å²) in [5.41, 5.74) is 0. The molecule has 0 aromatic rings. The molecule has 0 aromatic heterocycles. The van der Waals surface area contributed by atoms with E-state index in [0.29, 0.717) is 12.0 Å². The molecule has 2 saturated carbocycles. The monoisotopic (exact) mass is 266 g/mol. The normalized spacial score (nSPS) is 31.7. The molecule has 3 unspecified atom stereocenters. The van der Waals surface area contributed by atoms with Gasteiger partial charge in [0.25, 0.3) is 0 Å². The first-order valence-corrected chi connectivity index (χ1v) is 7.47. The number of hydrogen-bond acceptors (Lipinski definition) is 2. The minimum Gasteiger partial charge on any atom is -0.480 e. The zero-order valence-electron chi connectivity index (χ0n) is 11.2.